The Labute approximate surface area is 121 Å². The summed E-state index contributed by atoms with van der Waals surface area (Å²) >= 11 is 4.44. The third-order valence-electron chi connectivity index (χ3n) is 0. The zero-order valence-corrected chi connectivity index (χ0v) is 10.7. The van der Waals surface area contributed by atoms with Crippen molar-refractivity contribution in [3.63, 3.8) is 0 Å². The van der Waals surface area contributed by atoms with Gasteiger partial charge >= 0.3 is 123 Å². The first kappa shape index (κ1) is 31.9. The first-order valence-corrected chi connectivity index (χ1v) is 4.37. The van der Waals surface area contributed by atoms with Gasteiger partial charge in [-0.3, -0.25) is 0 Å². The molecule has 0 unspecified atom stereocenters. The summed E-state index contributed by atoms with van der Waals surface area (Å²) in [6, 6.07) is 0. The topological polar surface area (TPSA) is 0 Å². The Bertz CT molecular complexity index is 15.5. The predicted octanol–water partition coefficient (Wildman–Crippen LogP) is -5.39. The molecule has 0 radical (unpaired) electrons. The van der Waals surface area contributed by atoms with Gasteiger partial charge in [0.15, 0.2) is 0 Å². The summed E-state index contributed by atoms with van der Waals surface area (Å²) in [5.74, 6) is 0. The zero-order valence-electron chi connectivity index (χ0n) is 2.06. The second-order valence-corrected chi connectivity index (χ2v) is 0. The van der Waals surface area contributed by atoms with Gasteiger partial charge < -0.3 is 0 Å². The summed E-state index contributed by atoms with van der Waals surface area (Å²) in [5.41, 5.74) is 0. The van der Waals surface area contributed by atoms with Crippen molar-refractivity contribution in [1.82, 2.24) is 0 Å². The van der Waals surface area contributed by atoms with Crippen molar-refractivity contribution in [3.8, 4) is 0 Å². The first-order valence-electron chi connectivity index (χ1n) is 0.354. The van der Waals surface area contributed by atoms with Crippen molar-refractivity contribution >= 4 is 109 Å². The largest absolute Gasteiger partial charge is 0.316 e. The van der Waals surface area contributed by atoms with E-state index in [0.717, 1.165) is 14.4 Å². The van der Waals surface area contributed by atoms with Gasteiger partial charge in [-0.15, -0.1) is 0 Å². The third kappa shape index (κ3) is 24.1. The van der Waals surface area contributed by atoms with Crippen molar-refractivity contribution < 1.29 is 14.1 Å². The maximum absolute atomic E-state index is 3.39. The van der Waals surface area contributed by atoms with Crippen molar-refractivity contribution in [1.29, 1.82) is 0 Å². The SMILES string of the molecule is [AlH2][Fe].[BiH3].[GaH3].[InH3].[MgH2]. The fourth-order valence-corrected chi connectivity index (χ4v) is 0. The molecule has 0 aliphatic carbocycles. The van der Waals surface area contributed by atoms with E-state index in [9.17, 15) is 0 Å². The monoisotopic (exact) mass is 513 g/mol. The molecule has 0 amide bonds. The van der Waals surface area contributed by atoms with Crippen LogP contribution in [0.2, 0.25) is 0 Å². The van der Waals surface area contributed by atoms with Crippen molar-refractivity contribution in [2.75, 3.05) is 0 Å². The molecule has 0 aromatic rings. The van der Waals surface area contributed by atoms with Crippen LogP contribution in [0.5, 0.6) is 0 Å². The van der Waals surface area contributed by atoms with Gasteiger partial charge in [0.2, 0.25) is 0 Å². The Hall–Kier alpha value is 4.21. The van der Waals surface area contributed by atoms with E-state index in [0.29, 0.717) is 0 Å². The van der Waals surface area contributed by atoms with Crippen molar-refractivity contribution in [2.45, 2.75) is 0 Å². The van der Waals surface area contributed by atoms with Crippen LogP contribution in [0.4, 0.5) is 0 Å². The van der Waals surface area contributed by atoms with Crippen LogP contribution in [0.15, 0.2) is 0 Å². The van der Waals surface area contributed by atoms with Crippen LogP contribution in [0, 0.1) is 0 Å². The van der Waals surface area contributed by atoms with Gasteiger partial charge in [-0.25, -0.2) is 0 Å². The standard InChI is InChI=1S/Al.Bi.Fe.Ga.In.Mg.13H. The van der Waals surface area contributed by atoms with Crippen molar-refractivity contribution in [3.05, 3.63) is 0 Å². The number of hydrogen-bond donors (Lipinski definition) is 0. The fourth-order valence-electron chi connectivity index (χ4n) is 0. The summed E-state index contributed by atoms with van der Waals surface area (Å²) in [4.78, 5) is 0. The molecule has 37 valence electrons. The minimum absolute atomic E-state index is 0. The summed E-state index contributed by atoms with van der Waals surface area (Å²) in [6.45, 7) is 0. The summed E-state index contributed by atoms with van der Waals surface area (Å²) < 4.78 is 0. The molecule has 0 nitrogen and oxygen atoms in total. The van der Waals surface area contributed by atoms with Crippen LogP contribution in [-0.4, -0.2) is 109 Å². The molecule has 0 atom stereocenters. The Morgan fingerprint density at radius 1 is 1.17 bits per heavy atom. The summed E-state index contributed by atoms with van der Waals surface area (Å²) in [5, 5.41) is 0. The summed E-state index contributed by atoms with van der Waals surface area (Å²) in [7, 11) is 0. The maximum Gasteiger partial charge on any atom is 0.316 e. The fraction of sp³-hybridized carbons (Fsp3) is 0. The van der Waals surface area contributed by atoms with Gasteiger partial charge in [-0.05, 0) is 0 Å². The Kier molecular flexibility index (Phi) is 186. The van der Waals surface area contributed by atoms with E-state index in [1.807, 2.05) is 0 Å². The minimum Gasteiger partial charge on any atom is 0.316 e. The van der Waals surface area contributed by atoms with Crippen LogP contribution in [0.3, 0.4) is 0 Å². The minimum atomic E-state index is 0. The Morgan fingerprint density at radius 2 is 1.17 bits per heavy atom. The molecule has 0 aliphatic heterocycles. The molecule has 0 fully saturated rings. The van der Waals surface area contributed by atoms with E-state index >= 15 is 0 Å². The molecular weight excluding hydrogens is 501 g/mol. The Balaban J connectivity index is -0.000000000833. The van der Waals surface area contributed by atoms with Gasteiger partial charge in [0.25, 0.3) is 0 Å². The second kappa shape index (κ2) is 35.0. The molecule has 6 heavy (non-hydrogen) atoms. The molecule has 6 heteroatoms. The van der Waals surface area contributed by atoms with E-state index in [1.165, 1.54) is 0 Å². The van der Waals surface area contributed by atoms with E-state index in [-0.39, 0.29) is 94.9 Å². The van der Waals surface area contributed by atoms with Gasteiger partial charge in [0, 0.05) is 0 Å². The quantitative estimate of drug-likeness (QED) is 0.284. The Morgan fingerprint density at radius 3 is 1.17 bits per heavy atom. The van der Waals surface area contributed by atoms with Crippen LogP contribution < -0.4 is 0 Å². The summed E-state index contributed by atoms with van der Waals surface area (Å²) in [6.07, 6.45) is 0. The average Bonchev–Trinajstić information content (AvgIpc) is 1.00. The van der Waals surface area contributed by atoms with Gasteiger partial charge in [0.05, 0.1) is 0 Å². The molecule has 0 aliphatic rings. The van der Waals surface area contributed by atoms with E-state index < -0.39 is 0 Å². The van der Waals surface area contributed by atoms with Crippen LogP contribution in [-0.2, 0) is 14.1 Å². The normalized spacial score (nSPS) is 0.833. The molecule has 0 N–H and O–H groups in total. The third-order valence-corrected chi connectivity index (χ3v) is 0. The average molecular weight is 514 g/mol. The van der Waals surface area contributed by atoms with E-state index in [4.69, 9.17) is 0 Å². The van der Waals surface area contributed by atoms with Crippen molar-refractivity contribution in [2.24, 2.45) is 0 Å². The molecule has 0 bridgehead atoms. The molecule has 0 saturated heterocycles. The van der Waals surface area contributed by atoms with Crippen LogP contribution >= 0.6 is 0 Å². The van der Waals surface area contributed by atoms with E-state index in [2.05, 4.69) is 14.1 Å². The first-order chi connectivity index (χ1) is 1.00. The smallest absolute Gasteiger partial charge is 0.316 e. The zero-order chi connectivity index (χ0) is 2.00. The molecule has 0 heterocycles. The predicted molar refractivity (Wildman–Crippen MR) is 46.9 cm³/mol. The molecule has 0 rings (SSSR count). The number of hydrogen-bond acceptors (Lipinski definition) is 0. The molecule has 0 aromatic heterocycles. The van der Waals surface area contributed by atoms with Crippen LogP contribution in [0.25, 0.3) is 0 Å². The molecule has 0 saturated carbocycles. The van der Waals surface area contributed by atoms with E-state index in [1.54, 1.807) is 0 Å². The molecule has 0 aromatic carbocycles. The van der Waals surface area contributed by atoms with Crippen LogP contribution in [0.1, 0.15) is 0 Å². The van der Waals surface area contributed by atoms with Gasteiger partial charge in [-0.2, -0.15) is 0 Å². The van der Waals surface area contributed by atoms with Gasteiger partial charge in [0.1, 0.15) is 0 Å². The number of rotatable bonds is 0. The second-order valence-electron chi connectivity index (χ2n) is 0. The molecular formula is H13AlBiFeGaInMg. The maximum atomic E-state index is 3.39. The van der Waals surface area contributed by atoms with Gasteiger partial charge in [-0.1, -0.05) is 0 Å². The molecule has 0 spiro atoms.